The van der Waals surface area contributed by atoms with Crippen molar-refractivity contribution in [2.24, 2.45) is 0 Å². The van der Waals surface area contributed by atoms with Crippen molar-refractivity contribution in [1.29, 1.82) is 10.5 Å². The molecule has 11 rings (SSSR count). The van der Waals surface area contributed by atoms with Gasteiger partial charge in [0.25, 0.3) is 10.1 Å². The topological polar surface area (TPSA) is 180 Å². The van der Waals surface area contributed by atoms with E-state index in [0.717, 1.165) is 134 Å². The molecule has 2 saturated carbocycles. The van der Waals surface area contributed by atoms with Gasteiger partial charge in [0.2, 0.25) is 0 Å². The Bertz CT molecular complexity index is 3730. The predicted molar refractivity (Wildman–Crippen MR) is 285 cm³/mol. The van der Waals surface area contributed by atoms with Crippen molar-refractivity contribution in [2.75, 3.05) is 6.61 Å². The molecule has 15 nitrogen and oxygen atoms in total. The Morgan fingerprint density at radius 3 is 1.58 bits per heavy atom. The second kappa shape index (κ2) is 23.7. The molecule has 73 heavy (non-hydrogen) atoms. The summed E-state index contributed by atoms with van der Waals surface area (Å²) in [5, 5.41) is 17.4. The van der Waals surface area contributed by atoms with E-state index < -0.39 is 10.1 Å². The van der Waals surface area contributed by atoms with Crippen LogP contribution in [0.2, 0.25) is 0 Å². The Hall–Kier alpha value is -5.57. The number of nitrogens with zero attached hydrogens (tertiary/aromatic N) is 10. The minimum absolute atomic E-state index is 0. The number of hydrogen-bond donors (Lipinski definition) is 0. The van der Waals surface area contributed by atoms with Gasteiger partial charge in [-0.25, -0.2) is 9.59 Å². The zero-order valence-corrected chi connectivity index (χ0v) is 46.8. The number of halogens is 2. The average Bonchev–Trinajstić information content (AvgIpc) is 4.30. The number of hydrogen-bond acceptors (Lipinski definition) is 9. The van der Waals surface area contributed by atoms with Gasteiger partial charge in [0, 0.05) is 86.1 Å². The third-order valence-corrected chi connectivity index (χ3v) is 15.7. The van der Waals surface area contributed by atoms with E-state index in [0.29, 0.717) is 32.0 Å². The first kappa shape index (κ1) is 53.7. The van der Waals surface area contributed by atoms with Gasteiger partial charge in [0.15, 0.2) is 0 Å². The van der Waals surface area contributed by atoms with Crippen LogP contribution in [0.1, 0.15) is 93.2 Å². The van der Waals surface area contributed by atoms with Crippen molar-refractivity contribution >= 4 is 85.9 Å². The number of pyridine rings is 2. The summed E-state index contributed by atoms with van der Waals surface area (Å²) in [6.45, 7) is 9.34. The van der Waals surface area contributed by atoms with Crippen LogP contribution < -0.4 is 40.9 Å². The van der Waals surface area contributed by atoms with Crippen molar-refractivity contribution in [3.05, 3.63) is 163 Å². The van der Waals surface area contributed by atoms with Crippen molar-refractivity contribution in [3.8, 4) is 6.07 Å². The molecule has 0 unspecified atom stereocenters. The normalized spacial score (nSPS) is 13.4. The largest absolute Gasteiger partial charge is 1.00 e. The second-order valence-corrected chi connectivity index (χ2v) is 21.9. The fourth-order valence-electron chi connectivity index (χ4n) is 9.61. The van der Waals surface area contributed by atoms with E-state index in [1.807, 2.05) is 49.5 Å². The maximum absolute atomic E-state index is 13.5. The summed E-state index contributed by atoms with van der Waals surface area (Å²) in [5.41, 5.74) is 9.10. The fourth-order valence-corrected chi connectivity index (χ4v) is 11.3. The van der Waals surface area contributed by atoms with Crippen LogP contribution in [0, 0.1) is 30.1 Å². The minimum Gasteiger partial charge on any atom is -0.512 e. The van der Waals surface area contributed by atoms with Gasteiger partial charge in [0.05, 0.1) is 65.1 Å². The number of imidazole rings is 2. The molecule has 0 aliphatic heterocycles. The van der Waals surface area contributed by atoms with Gasteiger partial charge in [-0.05, 0) is 138 Å². The molecule has 0 saturated heterocycles. The number of rotatable bonds is 18. The molecule has 0 atom stereocenters. The van der Waals surface area contributed by atoms with Crippen LogP contribution in [0.5, 0.6) is 0 Å². The summed E-state index contributed by atoms with van der Waals surface area (Å²) in [6, 6.07) is 30.2. The van der Waals surface area contributed by atoms with Crippen LogP contribution in [-0.2, 0) is 40.5 Å². The molecule has 0 bridgehead atoms. The quantitative estimate of drug-likeness (QED) is 0.0354. The standard InChI is InChI=1S/C30H31BrN4O4S.C23H22BrN5O.CN.Na/c1-21-5-10-26(11-6-21)40(37,38)39-16-4-2-3-15-33-25(18-22-17-23(31)7-12-27(22)33)20-34-29-19-32-14-13-28(29)35(30(34)36)24-8-9-24;24-17-4-7-20-16(12-17)13-19(27(20)11-3-1-2-9-25)15-28-22-14-26-10-8-21(22)29(23(28)30)18-5-6-18;1-2;/h5-7,10-14,17-19,24H,2-4,8-9,15-16,20H2,1H3;4,7-8,10,12-14,18H,1-3,5-6,11,15H2;;/q;;-1;+1. The van der Waals surface area contributed by atoms with Crippen LogP contribution in [0.4, 0.5) is 0 Å². The fraction of sp³-hybridized carbons (Fsp3) is 0.333. The van der Waals surface area contributed by atoms with E-state index in [1.54, 1.807) is 49.1 Å². The molecule has 2 fully saturated rings. The summed E-state index contributed by atoms with van der Waals surface area (Å²) in [7, 11) is -3.75. The Kier molecular flexibility index (Phi) is 17.5. The molecule has 6 aromatic heterocycles. The maximum Gasteiger partial charge on any atom is 1.00 e. The zero-order chi connectivity index (χ0) is 50.5. The van der Waals surface area contributed by atoms with Crippen LogP contribution in [-0.4, -0.2) is 52.4 Å². The van der Waals surface area contributed by atoms with Gasteiger partial charge < -0.3 is 21.0 Å². The van der Waals surface area contributed by atoms with E-state index in [2.05, 4.69) is 93.4 Å². The van der Waals surface area contributed by atoms with Crippen molar-refractivity contribution < 1.29 is 42.2 Å². The number of nitriles is 1. The number of fused-ring (bicyclic) bond motifs is 4. The number of aromatic nitrogens is 8. The van der Waals surface area contributed by atoms with Crippen molar-refractivity contribution in [1.82, 2.24) is 37.4 Å². The second-order valence-electron chi connectivity index (χ2n) is 18.4. The first-order valence-electron chi connectivity index (χ1n) is 24.2. The first-order valence-corrected chi connectivity index (χ1v) is 27.2. The van der Waals surface area contributed by atoms with Crippen molar-refractivity contribution in [2.45, 2.75) is 114 Å². The smallest absolute Gasteiger partial charge is 0.512 e. The van der Waals surface area contributed by atoms with E-state index in [9.17, 15) is 18.0 Å². The van der Waals surface area contributed by atoms with E-state index >= 15 is 0 Å². The van der Waals surface area contributed by atoms with Gasteiger partial charge in [-0.1, -0.05) is 49.6 Å². The monoisotopic (exact) mass is 1130 g/mol. The molecule has 19 heteroatoms. The summed E-state index contributed by atoms with van der Waals surface area (Å²) < 4.78 is 44.4. The van der Waals surface area contributed by atoms with Gasteiger partial charge in [0.1, 0.15) is 0 Å². The van der Waals surface area contributed by atoms with Crippen molar-refractivity contribution in [3.63, 3.8) is 0 Å². The molecule has 9 aromatic rings. The number of benzene rings is 3. The Labute approximate surface area is 462 Å². The summed E-state index contributed by atoms with van der Waals surface area (Å²) in [4.78, 5) is 35.6. The van der Waals surface area contributed by atoms with Crippen LogP contribution in [0.3, 0.4) is 0 Å². The maximum atomic E-state index is 13.5. The van der Waals surface area contributed by atoms with E-state index in [4.69, 9.17) is 21.3 Å². The molecule has 0 amide bonds. The zero-order valence-electron chi connectivity index (χ0n) is 40.8. The minimum atomic E-state index is -3.75. The van der Waals surface area contributed by atoms with Crippen LogP contribution in [0.25, 0.3) is 43.9 Å². The van der Waals surface area contributed by atoms with Crippen LogP contribution in [0.15, 0.2) is 133 Å². The molecule has 3 aromatic carbocycles. The SMILES string of the molecule is Cc1ccc(S(=O)(=O)OCCCCCn2c(Cn3c(=O)n(C4CC4)c4ccncc43)cc3cc(Br)ccc32)cc1.N#CCCCCn1c(Cn2c(=O)n(C3CC3)c3ccncc32)cc2cc(Br)ccc21.[C-]#N.[Na+]. The first-order chi connectivity index (χ1) is 35.0. The molecular formula is C54H53Br2N10NaO5S. The molecule has 0 N–H and O–H groups in total. The average molecular weight is 1140 g/mol. The van der Waals surface area contributed by atoms with Gasteiger partial charge in [-0.15, -0.1) is 0 Å². The summed E-state index contributed by atoms with van der Waals surface area (Å²) in [6.07, 6.45) is 15.9. The third kappa shape index (κ3) is 11.9. The Morgan fingerprint density at radius 1 is 0.630 bits per heavy atom. The molecule has 0 radical (unpaired) electrons. The number of unbranched alkanes of at least 4 members (excludes halogenated alkanes) is 4. The van der Waals surface area contributed by atoms with Gasteiger partial charge in [-0.2, -0.15) is 13.7 Å². The molecule has 370 valence electrons. The predicted octanol–water partition coefficient (Wildman–Crippen LogP) is 8.28. The third-order valence-electron chi connectivity index (χ3n) is 13.4. The van der Waals surface area contributed by atoms with Gasteiger partial charge in [-0.3, -0.25) is 32.4 Å². The molecule has 2 aliphatic carbocycles. The molecule has 6 heterocycles. The number of aryl methyl sites for hydroxylation is 3. The Balaban J connectivity index is 0.000000193. The van der Waals surface area contributed by atoms with Crippen LogP contribution >= 0.6 is 31.9 Å². The Morgan fingerprint density at radius 2 is 1.11 bits per heavy atom. The van der Waals surface area contributed by atoms with E-state index in [-0.39, 0.29) is 58.5 Å². The van der Waals surface area contributed by atoms with E-state index in [1.165, 1.54) is 0 Å². The molecule has 0 spiro atoms. The van der Waals surface area contributed by atoms with Gasteiger partial charge >= 0.3 is 40.9 Å². The molecular weight excluding hydrogens is 1080 g/mol. The summed E-state index contributed by atoms with van der Waals surface area (Å²) in [5.74, 6) is 0. The molecule has 2 aliphatic rings. The summed E-state index contributed by atoms with van der Waals surface area (Å²) >= 11 is 7.15.